The van der Waals surface area contributed by atoms with E-state index in [1.807, 2.05) is 31.7 Å². The Morgan fingerprint density at radius 2 is 1.71 bits per heavy atom. The predicted molar refractivity (Wildman–Crippen MR) is 141 cm³/mol. The van der Waals surface area contributed by atoms with Crippen LogP contribution in [0.3, 0.4) is 0 Å². The third-order valence-corrected chi connectivity index (χ3v) is 6.98. The molecule has 0 unspecified atom stereocenters. The van der Waals surface area contributed by atoms with Gasteiger partial charge in [0.1, 0.15) is 22.8 Å². The first kappa shape index (κ1) is 21.7. The van der Waals surface area contributed by atoms with E-state index in [0.29, 0.717) is 6.04 Å². The highest BCUT2D eigenvalue weighted by Gasteiger charge is 2.17. The van der Waals surface area contributed by atoms with Crippen molar-refractivity contribution >= 4 is 27.9 Å². The van der Waals surface area contributed by atoms with E-state index in [0.717, 1.165) is 82.3 Å². The van der Waals surface area contributed by atoms with Crippen molar-refractivity contribution in [2.75, 3.05) is 38.1 Å². The number of aromatic amines is 1. The predicted octanol–water partition coefficient (Wildman–Crippen LogP) is 4.68. The number of likely N-dealkylation sites (N-methyl/N-ethyl adjacent to an activating group) is 1. The molecule has 0 spiro atoms. The molecule has 8 heteroatoms. The summed E-state index contributed by atoms with van der Waals surface area (Å²) in [6.45, 7) is 10.6. The summed E-state index contributed by atoms with van der Waals surface area (Å²) in [7, 11) is 2.17. The van der Waals surface area contributed by atoms with Crippen molar-refractivity contribution < 1.29 is 0 Å². The molecule has 0 aliphatic carbocycles. The number of anilines is 1. The van der Waals surface area contributed by atoms with Crippen LogP contribution in [0.2, 0.25) is 0 Å². The number of pyridine rings is 3. The number of piperazine rings is 1. The minimum absolute atomic E-state index is 0.327. The normalized spacial score (nSPS) is 15.1. The van der Waals surface area contributed by atoms with Gasteiger partial charge in [-0.3, -0.25) is 4.98 Å². The van der Waals surface area contributed by atoms with E-state index in [1.165, 1.54) is 0 Å². The molecule has 1 fully saturated rings. The van der Waals surface area contributed by atoms with Gasteiger partial charge >= 0.3 is 0 Å². The lowest BCUT2D eigenvalue weighted by atomic mass is 10.1. The van der Waals surface area contributed by atoms with E-state index in [1.54, 1.807) is 0 Å². The first-order valence-corrected chi connectivity index (χ1v) is 12.2. The van der Waals surface area contributed by atoms with Gasteiger partial charge in [0, 0.05) is 72.9 Å². The van der Waals surface area contributed by atoms with E-state index in [4.69, 9.17) is 15.0 Å². The summed E-state index contributed by atoms with van der Waals surface area (Å²) in [6.07, 6.45) is 7.72. The molecular formula is C27H30N8. The molecule has 1 aliphatic heterocycles. The number of hydrogen-bond acceptors (Lipinski definition) is 6. The molecule has 6 heterocycles. The molecule has 1 aliphatic rings. The fourth-order valence-corrected chi connectivity index (χ4v) is 5.07. The summed E-state index contributed by atoms with van der Waals surface area (Å²) >= 11 is 0. The lowest BCUT2D eigenvalue weighted by Gasteiger charge is -2.33. The van der Waals surface area contributed by atoms with Crippen LogP contribution in [0.4, 0.5) is 5.82 Å². The summed E-state index contributed by atoms with van der Waals surface area (Å²) < 4.78 is 2.26. The van der Waals surface area contributed by atoms with Crippen molar-refractivity contribution in [3.63, 3.8) is 0 Å². The zero-order chi connectivity index (χ0) is 24.1. The highest BCUT2D eigenvalue weighted by molar-refractivity contribution is 5.96. The fourth-order valence-electron chi connectivity index (χ4n) is 5.07. The van der Waals surface area contributed by atoms with E-state index in [9.17, 15) is 0 Å². The lowest BCUT2D eigenvalue weighted by Crippen LogP contribution is -2.44. The lowest BCUT2D eigenvalue weighted by molar-refractivity contribution is 0.312. The second-order valence-electron chi connectivity index (χ2n) is 9.70. The van der Waals surface area contributed by atoms with Gasteiger partial charge in [-0.25, -0.2) is 15.0 Å². The van der Waals surface area contributed by atoms with Crippen molar-refractivity contribution in [3.8, 4) is 22.4 Å². The number of hydrogen-bond donors (Lipinski definition) is 1. The number of H-pyrrole nitrogens is 1. The van der Waals surface area contributed by atoms with Crippen LogP contribution in [0, 0.1) is 6.92 Å². The number of aryl methyl sites for hydroxylation is 1. The molecule has 8 nitrogen and oxygen atoms in total. The molecule has 6 rings (SSSR count). The van der Waals surface area contributed by atoms with Gasteiger partial charge in [-0.05, 0) is 52.1 Å². The Kier molecular flexibility index (Phi) is 5.25. The first-order valence-electron chi connectivity index (χ1n) is 12.2. The summed E-state index contributed by atoms with van der Waals surface area (Å²) in [5.41, 5.74) is 6.91. The van der Waals surface area contributed by atoms with E-state index < -0.39 is 0 Å². The maximum atomic E-state index is 4.76. The Labute approximate surface area is 204 Å². The number of fused-ring (bicyclic) bond motifs is 2. The maximum Gasteiger partial charge on any atom is 0.137 e. The standard InChI is InChI=1S/C27H30N8/c1-17(2)35-18(3)32-24-16-28-23(12-25(24)35)22-15-31-27-21(22)11-20(14-30-27)19-5-6-26(29-13-19)34-9-7-33(4)8-10-34/h5-6,11-17H,7-10H2,1-4H3,(H,30,31). The second kappa shape index (κ2) is 8.46. The molecule has 178 valence electrons. The molecule has 0 amide bonds. The Morgan fingerprint density at radius 3 is 2.46 bits per heavy atom. The van der Waals surface area contributed by atoms with Crippen LogP contribution in [0.5, 0.6) is 0 Å². The topological polar surface area (TPSA) is 78.8 Å². The average molecular weight is 467 g/mol. The molecular weight excluding hydrogens is 436 g/mol. The molecule has 5 aromatic rings. The first-order chi connectivity index (χ1) is 17.0. The Bertz CT molecular complexity index is 1500. The summed E-state index contributed by atoms with van der Waals surface area (Å²) in [5.74, 6) is 2.04. The van der Waals surface area contributed by atoms with Gasteiger partial charge in [-0.2, -0.15) is 0 Å². The number of nitrogens with zero attached hydrogens (tertiary/aromatic N) is 7. The maximum absolute atomic E-state index is 4.76. The number of imidazole rings is 1. The van der Waals surface area contributed by atoms with Crippen molar-refractivity contribution in [2.45, 2.75) is 26.8 Å². The van der Waals surface area contributed by atoms with Gasteiger partial charge in [-0.1, -0.05) is 0 Å². The molecule has 0 bridgehead atoms. The quantitative estimate of drug-likeness (QED) is 0.414. The van der Waals surface area contributed by atoms with Crippen LogP contribution in [0.1, 0.15) is 25.7 Å². The van der Waals surface area contributed by atoms with Gasteiger partial charge < -0.3 is 19.4 Å². The fraction of sp³-hybridized carbons (Fsp3) is 0.333. The van der Waals surface area contributed by atoms with Crippen LogP contribution in [-0.2, 0) is 0 Å². The largest absolute Gasteiger partial charge is 0.354 e. The monoisotopic (exact) mass is 466 g/mol. The van der Waals surface area contributed by atoms with Crippen LogP contribution < -0.4 is 4.90 Å². The molecule has 1 saturated heterocycles. The Balaban J connectivity index is 1.36. The van der Waals surface area contributed by atoms with E-state index in [2.05, 4.69) is 69.5 Å². The van der Waals surface area contributed by atoms with Crippen LogP contribution in [0.25, 0.3) is 44.5 Å². The zero-order valence-corrected chi connectivity index (χ0v) is 20.7. The summed E-state index contributed by atoms with van der Waals surface area (Å²) in [5, 5.41) is 1.05. The van der Waals surface area contributed by atoms with Crippen LogP contribution in [0.15, 0.2) is 49.1 Å². The minimum Gasteiger partial charge on any atom is -0.354 e. The summed E-state index contributed by atoms with van der Waals surface area (Å²) in [4.78, 5) is 26.9. The SMILES string of the molecule is Cc1nc2cnc(-c3c[nH]c4ncc(-c5ccc(N6CCN(C)CC6)nc5)cc34)cc2n1C(C)C. The van der Waals surface area contributed by atoms with Crippen molar-refractivity contribution in [2.24, 2.45) is 0 Å². The molecule has 0 radical (unpaired) electrons. The third-order valence-electron chi connectivity index (χ3n) is 6.98. The van der Waals surface area contributed by atoms with Gasteiger partial charge in [0.2, 0.25) is 0 Å². The third kappa shape index (κ3) is 3.83. The van der Waals surface area contributed by atoms with E-state index in [-0.39, 0.29) is 0 Å². The van der Waals surface area contributed by atoms with Crippen molar-refractivity contribution in [1.29, 1.82) is 0 Å². The molecule has 5 aromatic heterocycles. The number of aromatic nitrogens is 6. The van der Waals surface area contributed by atoms with Crippen molar-refractivity contribution in [3.05, 3.63) is 54.9 Å². The molecule has 35 heavy (non-hydrogen) atoms. The van der Waals surface area contributed by atoms with Crippen molar-refractivity contribution in [1.82, 2.24) is 34.4 Å². The van der Waals surface area contributed by atoms with Crippen LogP contribution in [-0.4, -0.2) is 67.6 Å². The van der Waals surface area contributed by atoms with Gasteiger partial charge in [0.15, 0.2) is 0 Å². The van der Waals surface area contributed by atoms with Gasteiger partial charge in [0.25, 0.3) is 0 Å². The molecule has 0 aromatic carbocycles. The summed E-state index contributed by atoms with van der Waals surface area (Å²) in [6, 6.07) is 8.90. The highest BCUT2D eigenvalue weighted by atomic mass is 15.3. The molecule has 0 atom stereocenters. The number of nitrogens with one attached hydrogen (secondary N) is 1. The minimum atomic E-state index is 0.327. The van der Waals surface area contributed by atoms with Gasteiger partial charge in [-0.15, -0.1) is 0 Å². The highest BCUT2D eigenvalue weighted by Crippen LogP contribution is 2.32. The van der Waals surface area contributed by atoms with Crippen LogP contribution >= 0.6 is 0 Å². The second-order valence-corrected chi connectivity index (χ2v) is 9.70. The molecule has 0 saturated carbocycles. The molecule has 1 N–H and O–H groups in total. The zero-order valence-electron chi connectivity index (χ0n) is 20.7. The number of rotatable bonds is 4. The Hall–Kier alpha value is -3.78. The van der Waals surface area contributed by atoms with Gasteiger partial charge in [0.05, 0.1) is 17.4 Å². The smallest absolute Gasteiger partial charge is 0.137 e. The van der Waals surface area contributed by atoms with E-state index >= 15 is 0 Å². The average Bonchev–Trinajstić information content (AvgIpc) is 3.43. The Morgan fingerprint density at radius 1 is 0.914 bits per heavy atom.